The highest BCUT2D eigenvalue weighted by Gasteiger charge is 2.28. The van der Waals surface area contributed by atoms with Crippen LogP contribution in [0.3, 0.4) is 0 Å². The van der Waals surface area contributed by atoms with E-state index in [0.29, 0.717) is 12.0 Å². The summed E-state index contributed by atoms with van der Waals surface area (Å²) in [4.78, 5) is 11.3. The van der Waals surface area contributed by atoms with Crippen LogP contribution in [0.4, 0.5) is 0 Å². The molecule has 0 heterocycles. The maximum atomic E-state index is 11.3. The highest BCUT2D eigenvalue weighted by Crippen LogP contribution is 2.30. The van der Waals surface area contributed by atoms with E-state index in [2.05, 4.69) is 4.74 Å². The molecule has 0 aromatic heterocycles. The molecular formula is C11H14ClNO3. The maximum Gasteiger partial charge on any atom is 0.337 e. The molecule has 1 aliphatic carbocycles. The second-order valence-electron chi connectivity index (χ2n) is 3.70. The molecule has 0 amide bonds. The largest absolute Gasteiger partial charge is 0.465 e. The topological polar surface area (TPSA) is 72.5 Å². The molecule has 1 aliphatic rings. The lowest BCUT2D eigenvalue weighted by Crippen LogP contribution is -2.21. The monoisotopic (exact) mass is 243 g/mol. The van der Waals surface area contributed by atoms with Gasteiger partial charge in [-0.3, -0.25) is 0 Å². The van der Waals surface area contributed by atoms with Crippen LogP contribution in [0.2, 0.25) is 0 Å². The van der Waals surface area contributed by atoms with Crippen LogP contribution in [-0.4, -0.2) is 24.3 Å². The van der Waals surface area contributed by atoms with Gasteiger partial charge in [0.2, 0.25) is 0 Å². The number of esters is 1. The van der Waals surface area contributed by atoms with Gasteiger partial charge in [0.1, 0.15) is 0 Å². The van der Waals surface area contributed by atoms with Gasteiger partial charge in [0.05, 0.1) is 24.8 Å². The Balaban J connectivity index is 0.00000128. The van der Waals surface area contributed by atoms with Crippen LogP contribution < -0.4 is 5.73 Å². The lowest BCUT2D eigenvalue weighted by atomic mass is 10.1. The zero-order chi connectivity index (χ0) is 11.0. The SMILES string of the molecule is COC(=O)c1ccc2c(c1)C[C@H](O)C2N.Cl. The minimum atomic E-state index is -0.548. The number of benzene rings is 1. The van der Waals surface area contributed by atoms with Crippen LogP contribution in [0.1, 0.15) is 27.5 Å². The van der Waals surface area contributed by atoms with Gasteiger partial charge in [-0.25, -0.2) is 4.79 Å². The molecule has 5 heteroatoms. The van der Waals surface area contributed by atoms with Crippen LogP contribution in [0.15, 0.2) is 18.2 Å². The van der Waals surface area contributed by atoms with Crippen LogP contribution in [-0.2, 0) is 11.2 Å². The Bertz CT molecular complexity index is 408. The van der Waals surface area contributed by atoms with Crippen molar-refractivity contribution in [1.29, 1.82) is 0 Å². The van der Waals surface area contributed by atoms with Crippen molar-refractivity contribution >= 4 is 18.4 Å². The first-order chi connectivity index (χ1) is 7.13. The first kappa shape index (κ1) is 13.0. The number of nitrogens with two attached hydrogens (primary N) is 1. The number of rotatable bonds is 1. The molecule has 0 aliphatic heterocycles. The smallest absolute Gasteiger partial charge is 0.337 e. The molecule has 2 rings (SSSR count). The number of halogens is 1. The van der Waals surface area contributed by atoms with Crippen LogP contribution in [0.5, 0.6) is 0 Å². The number of aliphatic hydroxyl groups is 1. The van der Waals surface area contributed by atoms with Crippen molar-refractivity contribution in [3.8, 4) is 0 Å². The summed E-state index contributed by atoms with van der Waals surface area (Å²) in [6, 6.07) is 4.84. The Hall–Kier alpha value is -1.10. The molecule has 0 radical (unpaired) electrons. The molecule has 0 fully saturated rings. The summed E-state index contributed by atoms with van der Waals surface area (Å²) < 4.78 is 4.62. The predicted molar refractivity (Wildman–Crippen MR) is 61.7 cm³/mol. The highest BCUT2D eigenvalue weighted by molar-refractivity contribution is 5.89. The number of hydrogen-bond donors (Lipinski definition) is 2. The van der Waals surface area contributed by atoms with Gasteiger partial charge in [0, 0.05) is 6.42 Å². The number of hydrogen-bond acceptors (Lipinski definition) is 4. The van der Waals surface area contributed by atoms with Gasteiger partial charge < -0.3 is 15.6 Å². The minimum absolute atomic E-state index is 0. The van der Waals surface area contributed by atoms with E-state index in [1.165, 1.54) is 7.11 Å². The van der Waals surface area contributed by atoms with Crippen molar-refractivity contribution in [2.75, 3.05) is 7.11 Å². The number of methoxy groups -OCH3 is 1. The molecule has 1 unspecified atom stereocenters. The van der Waals surface area contributed by atoms with Crippen LogP contribution in [0.25, 0.3) is 0 Å². The summed E-state index contributed by atoms with van der Waals surface area (Å²) in [5, 5.41) is 9.56. The maximum absolute atomic E-state index is 11.3. The summed E-state index contributed by atoms with van der Waals surface area (Å²) >= 11 is 0. The van der Waals surface area contributed by atoms with Gasteiger partial charge in [0.25, 0.3) is 0 Å². The molecule has 2 atom stereocenters. The number of ether oxygens (including phenoxy) is 1. The van der Waals surface area contributed by atoms with Crippen molar-refractivity contribution in [3.05, 3.63) is 34.9 Å². The van der Waals surface area contributed by atoms with E-state index in [4.69, 9.17) is 5.73 Å². The van der Waals surface area contributed by atoms with Crippen molar-refractivity contribution < 1.29 is 14.6 Å². The number of carbonyl (C=O) groups excluding carboxylic acids is 1. The quantitative estimate of drug-likeness (QED) is 0.716. The van der Waals surface area contributed by atoms with Crippen LogP contribution in [0, 0.1) is 0 Å². The number of aliphatic hydroxyl groups excluding tert-OH is 1. The summed E-state index contributed by atoms with van der Waals surface area (Å²) in [6.45, 7) is 0. The fourth-order valence-electron chi connectivity index (χ4n) is 1.91. The molecule has 1 aromatic carbocycles. The number of fused-ring (bicyclic) bond motifs is 1. The standard InChI is InChI=1S/C11H13NO3.ClH/c1-15-11(14)6-2-3-8-7(4-6)5-9(13)10(8)12;/h2-4,9-10,13H,5,12H2,1H3;1H/t9-,10?;/m0./s1. The minimum Gasteiger partial charge on any atom is -0.465 e. The van der Waals surface area contributed by atoms with Crippen LogP contribution >= 0.6 is 12.4 Å². The van der Waals surface area contributed by atoms with Crippen molar-refractivity contribution in [1.82, 2.24) is 0 Å². The third-order valence-electron chi connectivity index (χ3n) is 2.77. The summed E-state index contributed by atoms with van der Waals surface area (Å²) in [5.41, 5.74) is 8.12. The summed E-state index contributed by atoms with van der Waals surface area (Å²) in [6.07, 6.45) is -0.0469. The Labute approximate surface area is 99.8 Å². The Morgan fingerprint density at radius 3 is 2.88 bits per heavy atom. The van der Waals surface area contributed by atoms with Gasteiger partial charge in [0.15, 0.2) is 0 Å². The highest BCUT2D eigenvalue weighted by atomic mass is 35.5. The molecule has 0 bridgehead atoms. The van der Waals surface area contributed by atoms with E-state index in [-0.39, 0.29) is 24.4 Å². The fraction of sp³-hybridized carbons (Fsp3) is 0.364. The second-order valence-corrected chi connectivity index (χ2v) is 3.70. The van der Waals surface area contributed by atoms with E-state index in [9.17, 15) is 9.90 Å². The van der Waals surface area contributed by atoms with E-state index in [1.54, 1.807) is 18.2 Å². The third kappa shape index (κ3) is 2.04. The summed E-state index contributed by atoms with van der Waals surface area (Å²) in [7, 11) is 1.34. The molecule has 16 heavy (non-hydrogen) atoms. The molecule has 0 spiro atoms. The molecule has 0 saturated heterocycles. The molecule has 88 valence electrons. The van der Waals surface area contributed by atoms with Crippen molar-refractivity contribution in [3.63, 3.8) is 0 Å². The molecular weight excluding hydrogens is 230 g/mol. The van der Waals surface area contributed by atoms with Gasteiger partial charge in [-0.15, -0.1) is 12.4 Å². The Kier molecular flexibility index (Phi) is 3.91. The first-order valence-electron chi connectivity index (χ1n) is 4.78. The fourth-order valence-corrected chi connectivity index (χ4v) is 1.91. The Morgan fingerprint density at radius 1 is 1.56 bits per heavy atom. The Morgan fingerprint density at radius 2 is 2.25 bits per heavy atom. The lowest BCUT2D eigenvalue weighted by Gasteiger charge is -2.08. The third-order valence-corrected chi connectivity index (χ3v) is 2.77. The normalized spacial score (nSPS) is 22.2. The zero-order valence-electron chi connectivity index (χ0n) is 8.84. The summed E-state index contributed by atoms with van der Waals surface area (Å²) in [5.74, 6) is -0.368. The van der Waals surface area contributed by atoms with Gasteiger partial charge in [-0.1, -0.05) is 6.07 Å². The van der Waals surface area contributed by atoms with E-state index in [1.807, 2.05) is 0 Å². The zero-order valence-corrected chi connectivity index (χ0v) is 9.66. The average Bonchev–Trinajstić information content (AvgIpc) is 2.53. The van der Waals surface area contributed by atoms with E-state index in [0.717, 1.165) is 11.1 Å². The molecule has 1 aromatic rings. The van der Waals surface area contributed by atoms with Gasteiger partial charge in [-0.05, 0) is 23.3 Å². The van der Waals surface area contributed by atoms with E-state index < -0.39 is 6.10 Å². The van der Waals surface area contributed by atoms with Gasteiger partial charge in [-0.2, -0.15) is 0 Å². The molecule has 0 saturated carbocycles. The van der Waals surface area contributed by atoms with Crippen molar-refractivity contribution in [2.45, 2.75) is 18.6 Å². The predicted octanol–water partition coefficient (Wildman–Crippen LogP) is 0.812. The number of carbonyl (C=O) groups is 1. The molecule has 3 N–H and O–H groups in total. The van der Waals surface area contributed by atoms with Gasteiger partial charge >= 0.3 is 5.97 Å². The lowest BCUT2D eigenvalue weighted by molar-refractivity contribution is 0.0600. The second kappa shape index (κ2) is 4.82. The first-order valence-corrected chi connectivity index (χ1v) is 4.78. The average molecular weight is 244 g/mol. The van der Waals surface area contributed by atoms with E-state index >= 15 is 0 Å². The van der Waals surface area contributed by atoms with Crippen molar-refractivity contribution in [2.24, 2.45) is 5.73 Å². The molecule has 4 nitrogen and oxygen atoms in total.